The third kappa shape index (κ3) is 5.16. The lowest BCUT2D eigenvalue weighted by Crippen LogP contribution is -2.46. The molecule has 32 heavy (non-hydrogen) atoms. The van der Waals surface area contributed by atoms with Crippen LogP contribution in [-0.4, -0.2) is 47.6 Å². The fraction of sp³-hybridized carbons (Fsp3) is 0.292. The maximum Gasteiger partial charge on any atom is 0.409 e. The summed E-state index contributed by atoms with van der Waals surface area (Å²) in [6.07, 6.45) is 1.09. The van der Waals surface area contributed by atoms with Crippen LogP contribution in [0.5, 0.6) is 0 Å². The minimum absolute atomic E-state index is 0.000208. The second-order valence-corrected chi connectivity index (χ2v) is 8.96. The number of halogens is 1. The number of benzene rings is 2. The van der Waals surface area contributed by atoms with Gasteiger partial charge < -0.3 is 15.0 Å². The van der Waals surface area contributed by atoms with Crippen molar-refractivity contribution in [2.75, 3.05) is 19.7 Å². The normalized spacial score (nSPS) is 14.4. The van der Waals surface area contributed by atoms with E-state index in [1.54, 1.807) is 11.8 Å². The van der Waals surface area contributed by atoms with Crippen molar-refractivity contribution in [1.29, 1.82) is 0 Å². The number of carbonyl (C=O) groups is 2. The molecule has 0 spiro atoms. The van der Waals surface area contributed by atoms with Crippen molar-refractivity contribution in [2.24, 2.45) is 0 Å². The average Bonchev–Trinajstić information content (AvgIpc) is 2.80. The Labute approximate surface area is 196 Å². The van der Waals surface area contributed by atoms with E-state index in [9.17, 15) is 9.59 Å². The Balaban J connectivity index is 1.52. The topological polar surface area (TPSA) is 71.5 Å². The Kier molecular flexibility index (Phi) is 7.17. The van der Waals surface area contributed by atoms with E-state index in [1.165, 1.54) is 11.8 Å². The maximum atomic E-state index is 13.2. The molecule has 2 aromatic carbocycles. The van der Waals surface area contributed by atoms with Crippen molar-refractivity contribution >= 4 is 46.3 Å². The maximum absolute atomic E-state index is 13.2. The molecule has 1 fully saturated rings. The van der Waals surface area contributed by atoms with Crippen LogP contribution in [0, 0.1) is 0 Å². The van der Waals surface area contributed by atoms with Gasteiger partial charge in [0.2, 0.25) is 0 Å². The second kappa shape index (κ2) is 10.2. The van der Waals surface area contributed by atoms with Crippen LogP contribution in [0.1, 0.15) is 30.1 Å². The third-order valence-electron chi connectivity index (χ3n) is 5.34. The van der Waals surface area contributed by atoms with Crippen LogP contribution >= 0.6 is 23.4 Å². The molecule has 3 aromatic rings. The van der Waals surface area contributed by atoms with Crippen molar-refractivity contribution in [3.63, 3.8) is 0 Å². The highest BCUT2D eigenvalue weighted by Crippen LogP contribution is 2.34. The molecule has 8 heteroatoms. The zero-order valence-electron chi connectivity index (χ0n) is 17.7. The Morgan fingerprint density at radius 3 is 2.62 bits per heavy atom. The third-order valence-corrected chi connectivity index (χ3v) is 6.78. The molecule has 0 aliphatic carbocycles. The monoisotopic (exact) mass is 469 g/mol. The molecule has 2 heterocycles. The molecule has 0 saturated carbocycles. The van der Waals surface area contributed by atoms with Crippen LogP contribution in [0.15, 0.2) is 64.5 Å². The van der Waals surface area contributed by atoms with E-state index in [2.05, 4.69) is 5.32 Å². The van der Waals surface area contributed by atoms with E-state index in [4.69, 9.17) is 21.3 Å². The lowest BCUT2D eigenvalue weighted by atomic mass is 10.0. The van der Waals surface area contributed by atoms with E-state index >= 15 is 0 Å². The summed E-state index contributed by atoms with van der Waals surface area (Å²) in [7, 11) is 0. The summed E-state index contributed by atoms with van der Waals surface area (Å²) >= 11 is 7.75. The first-order chi connectivity index (χ1) is 15.5. The summed E-state index contributed by atoms with van der Waals surface area (Å²) in [5, 5.41) is 5.30. The molecule has 4 rings (SSSR count). The van der Waals surface area contributed by atoms with Gasteiger partial charge in [-0.25, -0.2) is 9.78 Å². The van der Waals surface area contributed by atoms with E-state index in [-0.39, 0.29) is 18.0 Å². The van der Waals surface area contributed by atoms with Crippen molar-refractivity contribution in [3.8, 4) is 0 Å². The Hall–Kier alpha value is -2.77. The number of likely N-dealkylation sites (tertiary alicyclic amines) is 1. The minimum atomic E-state index is -0.293. The SMILES string of the molecule is CCOC(=O)N1CCC(NC(=O)c2cc(Sc3ccccc3Cl)nc3ccccc23)CC1. The number of aromatic nitrogens is 1. The Morgan fingerprint density at radius 1 is 1.16 bits per heavy atom. The number of carbonyl (C=O) groups excluding carboxylic acids is 2. The van der Waals surface area contributed by atoms with Crippen molar-refractivity contribution in [2.45, 2.75) is 35.7 Å². The molecular formula is C24H24ClN3O3S. The number of para-hydroxylation sites is 1. The van der Waals surface area contributed by atoms with Gasteiger partial charge in [-0.05, 0) is 44.0 Å². The van der Waals surface area contributed by atoms with Crippen LogP contribution in [0.2, 0.25) is 5.02 Å². The molecule has 1 aliphatic rings. The standard InChI is InChI=1S/C24H24ClN3O3S/c1-2-31-24(30)28-13-11-16(12-14-28)26-23(29)18-15-22(27-20-9-5-3-7-17(18)20)32-21-10-6-4-8-19(21)25/h3-10,15-16H,2,11-14H2,1H3,(H,26,29). The van der Waals surface area contributed by atoms with Gasteiger partial charge >= 0.3 is 6.09 Å². The first kappa shape index (κ1) is 22.4. The van der Waals surface area contributed by atoms with Crippen LogP contribution in [0.4, 0.5) is 4.79 Å². The highest BCUT2D eigenvalue weighted by atomic mass is 35.5. The number of piperidine rings is 1. The number of hydrogen-bond donors (Lipinski definition) is 1. The van der Waals surface area contributed by atoms with Crippen molar-refractivity contribution in [1.82, 2.24) is 15.2 Å². The quantitative estimate of drug-likeness (QED) is 0.542. The number of hydrogen-bond acceptors (Lipinski definition) is 5. The molecule has 0 radical (unpaired) electrons. The number of fused-ring (bicyclic) bond motifs is 1. The van der Waals surface area contributed by atoms with Crippen molar-refractivity contribution < 1.29 is 14.3 Å². The summed E-state index contributed by atoms with van der Waals surface area (Å²) in [6, 6.07) is 17.0. The largest absolute Gasteiger partial charge is 0.450 e. The molecule has 6 nitrogen and oxygen atoms in total. The molecule has 2 amide bonds. The summed E-state index contributed by atoms with van der Waals surface area (Å²) in [4.78, 5) is 32.4. The van der Waals surface area contributed by atoms with Gasteiger partial charge in [0.15, 0.2) is 0 Å². The van der Waals surface area contributed by atoms with Gasteiger partial charge in [-0.1, -0.05) is 53.7 Å². The van der Waals surface area contributed by atoms with Gasteiger partial charge in [0.1, 0.15) is 5.03 Å². The minimum Gasteiger partial charge on any atom is -0.450 e. The van der Waals surface area contributed by atoms with Crippen LogP contribution < -0.4 is 5.32 Å². The highest BCUT2D eigenvalue weighted by Gasteiger charge is 2.25. The number of pyridine rings is 1. The molecular weight excluding hydrogens is 446 g/mol. The first-order valence-electron chi connectivity index (χ1n) is 10.6. The molecule has 0 atom stereocenters. The fourth-order valence-electron chi connectivity index (χ4n) is 3.72. The number of ether oxygens (including phenoxy) is 1. The van der Waals surface area contributed by atoms with Gasteiger partial charge in [0, 0.05) is 29.4 Å². The molecule has 1 N–H and O–H groups in total. The number of rotatable bonds is 5. The van der Waals surface area contributed by atoms with Crippen LogP contribution in [0.25, 0.3) is 10.9 Å². The molecule has 0 bridgehead atoms. The predicted octanol–water partition coefficient (Wildman–Crippen LogP) is 5.39. The zero-order valence-corrected chi connectivity index (χ0v) is 19.3. The van der Waals surface area contributed by atoms with E-state index < -0.39 is 0 Å². The summed E-state index contributed by atoms with van der Waals surface area (Å²) in [6.45, 7) is 3.28. The lowest BCUT2D eigenvalue weighted by Gasteiger charge is -2.31. The smallest absolute Gasteiger partial charge is 0.409 e. The zero-order chi connectivity index (χ0) is 22.5. The van der Waals surface area contributed by atoms with Gasteiger partial charge in [0.05, 0.1) is 22.7 Å². The second-order valence-electron chi connectivity index (χ2n) is 7.49. The summed E-state index contributed by atoms with van der Waals surface area (Å²) in [5.74, 6) is -0.140. The van der Waals surface area contributed by atoms with E-state index in [0.29, 0.717) is 48.2 Å². The molecule has 1 saturated heterocycles. The van der Waals surface area contributed by atoms with Gasteiger partial charge in [-0.15, -0.1) is 0 Å². The van der Waals surface area contributed by atoms with Gasteiger partial charge in [0.25, 0.3) is 5.91 Å². The van der Waals surface area contributed by atoms with E-state index in [0.717, 1.165) is 15.8 Å². The predicted molar refractivity (Wildman–Crippen MR) is 126 cm³/mol. The number of amides is 2. The molecule has 166 valence electrons. The fourth-order valence-corrected chi connectivity index (χ4v) is 4.83. The first-order valence-corrected chi connectivity index (χ1v) is 11.8. The van der Waals surface area contributed by atoms with Crippen LogP contribution in [0.3, 0.4) is 0 Å². The van der Waals surface area contributed by atoms with Gasteiger partial charge in [-0.2, -0.15) is 0 Å². The summed E-state index contributed by atoms with van der Waals surface area (Å²) < 4.78 is 5.07. The molecule has 0 unspecified atom stereocenters. The highest BCUT2D eigenvalue weighted by molar-refractivity contribution is 7.99. The lowest BCUT2D eigenvalue weighted by molar-refractivity contribution is 0.0861. The molecule has 1 aromatic heterocycles. The summed E-state index contributed by atoms with van der Waals surface area (Å²) in [5.41, 5.74) is 1.34. The Morgan fingerprint density at radius 2 is 1.88 bits per heavy atom. The van der Waals surface area contributed by atoms with E-state index in [1.807, 2.05) is 54.6 Å². The number of nitrogens with zero attached hydrogens (tertiary/aromatic N) is 2. The van der Waals surface area contributed by atoms with Crippen LogP contribution in [-0.2, 0) is 4.74 Å². The number of nitrogens with one attached hydrogen (secondary N) is 1. The van der Waals surface area contributed by atoms with Gasteiger partial charge in [-0.3, -0.25) is 4.79 Å². The Bertz CT molecular complexity index is 1130. The molecule has 1 aliphatic heterocycles. The average molecular weight is 470 g/mol. The van der Waals surface area contributed by atoms with Crippen molar-refractivity contribution in [3.05, 3.63) is 65.2 Å².